The lowest BCUT2D eigenvalue weighted by Gasteiger charge is -2.08. The summed E-state index contributed by atoms with van der Waals surface area (Å²) in [6.45, 7) is 0.617. The fourth-order valence-corrected chi connectivity index (χ4v) is 3.35. The van der Waals surface area contributed by atoms with Crippen molar-refractivity contribution in [2.75, 3.05) is 12.4 Å². The van der Waals surface area contributed by atoms with Crippen molar-refractivity contribution < 1.29 is 9.53 Å². The lowest BCUT2D eigenvalue weighted by Crippen LogP contribution is -2.14. The van der Waals surface area contributed by atoms with Gasteiger partial charge >= 0.3 is 0 Å². The third kappa shape index (κ3) is 4.07. The minimum Gasteiger partial charge on any atom is -0.380 e. The summed E-state index contributed by atoms with van der Waals surface area (Å²) in [4.78, 5) is 16.8. The third-order valence-electron chi connectivity index (χ3n) is 4.95. The smallest absolute Gasteiger partial charge is 0.228 e. The number of aromatic nitrogens is 1. The summed E-state index contributed by atoms with van der Waals surface area (Å²) in [6, 6.07) is 22.1. The van der Waals surface area contributed by atoms with E-state index < -0.39 is 0 Å². The molecule has 1 aliphatic rings. The summed E-state index contributed by atoms with van der Waals surface area (Å²) in [5.74, 6) is 0.339. The quantitative estimate of drug-likeness (QED) is 0.698. The van der Waals surface area contributed by atoms with Crippen LogP contribution in [-0.2, 0) is 16.1 Å². The van der Waals surface area contributed by atoms with Crippen LogP contribution in [0.25, 0.3) is 11.1 Å². The van der Waals surface area contributed by atoms with E-state index >= 15 is 0 Å². The number of nitrogens with zero attached hydrogens (tertiary/aromatic N) is 1. The zero-order chi connectivity index (χ0) is 18.6. The van der Waals surface area contributed by atoms with E-state index in [0.29, 0.717) is 6.61 Å². The summed E-state index contributed by atoms with van der Waals surface area (Å²) in [6.07, 6.45) is 2.65. The summed E-state index contributed by atoms with van der Waals surface area (Å²) in [5, 5.41) is 3.02. The Kier molecular flexibility index (Phi) is 4.99. The summed E-state index contributed by atoms with van der Waals surface area (Å²) in [7, 11) is 1.70. The molecule has 2 unspecified atom stereocenters. The molecule has 2 atom stereocenters. The maximum Gasteiger partial charge on any atom is 0.228 e. The number of rotatable bonds is 6. The number of nitrogens with one attached hydrogen (secondary N) is 1. The largest absolute Gasteiger partial charge is 0.380 e. The van der Waals surface area contributed by atoms with Crippen molar-refractivity contribution >= 4 is 11.6 Å². The molecule has 27 heavy (non-hydrogen) atoms. The van der Waals surface area contributed by atoms with Gasteiger partial charge in [0.15, 0.2) is 0 Å². The Labute approximate surface area is 159 Å². The molecule has 0 bridgehead atoms. The van der Waals surface area contributed by atoms with Gasteiger partial charge in [-0.1, -0.05) is 42.5 Å². The molecule has 1 fully saturated rings. The Morgan fingerprint density at radius 3 is 2.37 bits per heavy atom. The van der Waals surface area contributed by atoms with Crippen LogP contribution in [0.4, 0.5) is 5.69 Å². The van der Waals surface area contributed by atoms with Crippen molar-refractivity contribution in [3.05, 3.63) is 84.2 Å². The molecule has 0 saturated heterocycles. The fraction of sp³-hybridized carbons (Fsp3) is 0.217. The predicted octanol–water partition coefficient (Wildman–Crippen LogP) is 4.64. The van der Waals surface area contributed by atoms with Crippen molar-refractivity contribution in [3.63, 3.8) is 0 Å². The molecule has 1 aliphatic carbocycles. The van der Waals surface area contributed by atoms with Gasteiger partial charge in [-0.2, -0.15) is 0 Å². The van der Waals surface area contributed by atoms with E-state index in [0.717, 1.165) is 34.5 Å². The molecular weight excluding hydrogens is 336 g/mol. The van der Waals surface area contributed by atoms with Crippen molar-refractivity contribution in [3.8, 4) is 11.1 Å². The van der Waals surface area contributed by atoms with E-state index in [-0.39, 0.29) is 17.7 Å². The number of methoxy groups -OCH3 is 1. The molecule has 4 rings (SSSR count). The number of benzene rings is 2. The normalized spacial score (nSPS) is 18.1. The van der Waals surface area contributed by atoms with E-state index in [2.05, 4.69) is 34.6 Å². The molecule has 4 heteroatoms. The molecule has 0 radical (unpaired) electrons. The van der Waals surface area contributed by atoms with E-state index in [4.69, 9.17) is 4.74 Å². The van der Waals surface area contributed by atoms with Crippen LogP contribution in [0.1, 0.15) is 23.6 Å². The number of hydrogen-bond donors (Lipinski definition) is 1. The van der Waals surface area contributed by atoms with Gasteiger partial charge < -0.3 is 10.1 Å². The monoisotopic (exact) mass is 358 g/mol. The van der Waals surface area contributed by atoms with Crippen LogP contribution in [0, 0.1) is 5.92 Å². The SMILES string of the molecule is COCc1ccc(-c2ccc(NC(=O)C3CC3c3ccccn3)cc2)cc1. The van der Waals surface area contributed by atoms with Crippen molar-refractivity contribution in [1.29, 1.82) is 0 Å². The number of carbonyl (C=O) groups excluding carboxylic acids is 1. The first kappa shape index (κ1) is 17.4. The van der Waals surface area contributed by atoms with Crippen LogP contribution in [0.15, 0.2) is 72.9 Å². The molecule has 1 aromatic heterocycles. The molecule has 1 amide bonds. The first-order valence-corrected chi connectivity index (χ1v) is 9.14. The Morgan fingerprint density at radius 2 is 1.74 bits per heavy atom. The van der Waals surface area contributed by atoms with Gasteiger partial charge in [0, 0.05) is 36.5 Å². The molecule has 2 aromatic carbocycles. The van der Waals surface area contributed by atoms with Gasteiger partial charge in [0.1, 0.15) is 0 Å². The molecule has 1 N–H and O–H groups in total. The number of anilines is 1. The highest BCUT2D eigenvalue weighted by molar-refractivity contribution is 5.95. The number of amides is 1. The number of hydrogen-bond acceptors (Lipinski definition) is 3. The maximum absolute atomic E-state index is 12.5. The van der Waals surface area contributed by atoms with Crippen molar-refractivity contribution in [2.45, 2.75) is 18.9 Å². The standard InChI is InChI=1S/C23H22N2O2/c1-27-15-16-5-7-17(8-6-16)18-9-11-19(12-10-18)25-23(26)21-14-20(21)22-4-2-3-13-24-22/h2-13,20-21H,14-15H2,1H3,(H,25,26). The van der Waals surface area contributed by atoms with E-state index in [1.54, 1.807) is 13.3 Å². The van der Waals surface area contributed by atoms with Crippen LogP contribution in [0.5, 0.6) is 0 Å². The molecule has 1 saturated carbocycles. The third-order valence-corrected chi connectivity index (χ3v) is 4.95. The van der Waals surface area contributed by atoms with Crippen LogP contribution >= 0.6 is 0 Å². The average molecular weight is 358 g/mol. The van der Waals surface area contributed by atoms with Gasteiger partial charge in [0.2, 0.25) is 5.91 Å². The van der Waals surface area contributed by atoms with Crippen LogP contribution < -0.4 is 5.32 Å². The molecule has 136 valence electrons. The zero-order valence-electron chi connectivity index (χ0n) is 15.3. The second-order valence-electron chi connectivity index (χ2n) is 6.90. The zero-order valence-corrected chi connectivity index (χ0v) is 15.3. The minimum atomic E-state index is 0.0212. The first-order valence-electron chi connectivity index (χ1n) is 9.14. The molecule has 4 nitrogen and oxygen atoms in total. The molecule has 1 heterocycles. The highest BCUT2D eigenvalue weighted by atomic mass is 16.5. The lowest BCUT2D eigenvalue weighted by molar-refractivity contribution is -0.117. The molecule has 0 spiro atoms. The number of ether oxygens (including phenoxy) is 1. The van der Waals surface area contributed by atoms with Gasteiger partial charge in [-0.3, -0.25) is 9.78 Å². The first-order chi connectivity index (χ1) is 13.2. The van der Waals surface area contributed by atoms with Crippen LogP contribution in [0.3, 0.4) is 0 Å². The average Bonchev–Trinajstić information content (AvgIpc) is 3.51. The molecule has 3 aromatic rings. The second kappa shape index (κ2) is 7.72. The number of pyridine rings is 1. The van der Waals surface area contributed by atoms with Crippen LogP contribution in [0.2, 0.25) is 0 Å². The van der Waals surface area contributed by atoms with Gasteiger partial charge in [-0.05, 0) is 47.4 Å². The summed E-state index contributed by atoms with van der Waals surface area (Å²) < 4.78 is 5.14. The number of carbonyl (C=O) groups is 1. The summed E-state index contributed by atoms with van der Waals surface area (Å²) >= 11 is 0. The van der Waals surface area contributed by atoms with Crippen LogP contribution in [-0.4, -0.2) is 18.0 Å². The predicted molar refractivity (Wildman–Crippen MR) is 106 cm³/mol. The molecular formula is C23H22N2O2. The van der Waals surface area contributed by atoms with Crippen molar-refractivity contribution in [2.24, 2.45) is 5.92 Å². The van der Waals surface area contributed by atoms with Gasteiger partial charge in [0.25, 0.3) is 0 Å². The Hall–Kier alpha value is -2.98. The lowest BCUT2D eigenvalue weighted by atomic mass is 10.0. The minimum absolute atomic E-state index is 0.0212. The topological polar surface area (TPSA) is 51.2 Å². The van der Waals surface area contributed by atoms with Gasteiger partial charge in [-0.25, -0.2) is 0 Å². The van der Waals surface area contributed by atoms with E-state index in [9.17, 15) is 4.79 Å². The maximum atomic E-state index is 12.5. The molecule has 0 aliphatic heterocycles. The second-order valence-corrected chi connectivity index (χ2v) is 6.90. The Balaban J connectivity index is 1.37. The Bertz CT molecular complexity index is 905. The highest BCUT2D eigenvalue weighted by Gasteiger charge is 2.44. The summed E-state index contributed by atoms with van der Waals surface area (Å²) in [5.41, 5.74) is 5.24. The van der Waals surface area contributed by atoms with E-state index in [1.807, 2.05) is 42.5 Å². The Morgan fingerprint density at radius 1 is 1.04 bits per heavy atom. The van der Waals surface area contributed by atoms with Gasteiger partial charge in [0.05, 0.1) is 6.61 Å². The van der Waals surface area contributed by atoms with Crippen molar-refractivity contribution in [1.82, 2.24) is 4.98 Å². The fourth-order valence-electron chi connectivity index (χ4n) is 3.35. The van der Waals surface area contributed by atoms with Gasteiger partial charge in [-0.15, -0.1) is 0 Å². The highest BCUT2D eigenvalue weighted by Crippen LogP contribution is 2.47. The van der Waals surface area contributed by atoms with E-state index in [1.165, 1.54) is 0 Å².